The summed E-state index contributed by atoms with van der Waals surface area (Å²) in [5.74, 6) is 1.11. The Labute approximate surface area is 234 Å². The summed E-state index contributed by atoms with van der Waals surface area (Å²) in [7, 11) is 0. The van der Waals surface area contributed by atoms with Gasteiger partial charge >= 0.3 is 0 Å². The van der Waals surface area contributed by atoms with Crippen LogP contribution in [0, 0.1) is 0 Å². The van der Waals surface area contributed by atoms with E-state index in [0.29, 0.717) is 10.9 Å². The lowest BCUT2D eigenvalue weighted by Crippen LogP contribution is -2.34. The van der Waals surface area contributed by atoms with Crippen molar-refractivity contribution in [3.63, 3.8) is 0 Å². The number of rotatable bonds is 11. The van der Waals surface area contributed by atoms with Crippen molar-refractivity contribution in [2.45, 2.75) is 51.2 Å². The van der Waals surface area contributed by atoms with Crippen LogP contribution in [0.1, 0.15) is 56.3 Å². The van der Waals surface area contributed by atoms with Crippen LogP contribution >= 0.6 is 27.5 Å². The number of carbonyl (C=O) groups is 1. The van der Waals surface area contributed by atoms with Crippen LogP contribution in [-0.4, -0.2) is 36.5 Å². The fraction of sp³-hybridized carbons (Fsp3) is 0.367. The van der Waals surface area contributed by atoms with E-state index in [1.165, 1.54) is 5.56 Å². The summed E-state index contributed by atoms with van der Waals surface area (Å²) in [4.78, 5) is 14.5. The van der Waals surface area contributed by atoms with Crippen LogP contribution in [0.25, 0.3) is 0 Å². The molecule has 198 valence electrons. The van der Waals surface area contributed by atoms with Crippen LogP contribution < -0.4 is 11.1 Å². The minimum absolute atomic E-state index is 0.0836. The van der Waals surface area contributed by atoms with Gasteiger partial charge in [0.15, 0.2) is 0 Å². The third kappa shape index (κ3) is 9.46. The Morgan fingerprint density at radius 1 is 1.24 bits per heavy atom. The molecule has 0 radical (unpaired) electrons. The Morgan fingerprint density at radius 3 is 2.57 bits per heavy atom. The van der Waals surface area contributed by atoms with Gasteiger partial charge in [-0.2, -0.15) is 0 Å². The predicted octanol–water partition coefficient (Wildman–Crippen LogP) is 7.32. The third-order valence-electron chi connectivity index (χ3n) is 6.57. The molecule has 0 bridgehead atoms. The second-order valence-electron chi connectivity index (χ2n) is 9.44. The Morgan fingerprint density at radius 2 is 1.95 bits per heavy atom. The topological polar surface area (TPSA) is 67.6 Å². The number of nitrogens with zero attached hydrogens (tertiary/aromatic N) is 1. The number of hydrogen-bond acceptors (Lipinski definition) is 4. The van der Waals surface area contributed by atoms with E-state index in [1.54, 1.807) is 6.92 Å². The average molecular weight is 587 g/mol. The van der Waals surface area contributed by atoms with Crippen LogP contribution in [0.3, 0.4) is 0 Å². The van der Waals surface area contributed by atoms with Gasteiger partial charge in [0, 0.05) is 28.2 Å². The van der Waals surface area contributed by atoms with Crippen molar-refractivity contribution >= 4 is 39.1 Å². The lowest BCUT2D eigenvalue weighted by Gasteiger charge is -2.33. The maximum absolute atomic E-state index is 12.0. The highest BCUT2D eigenvalue weighted by Crippen LogP contribution is 2.31. The molecule has 2 aromatic rings. The minimum atomic E-state index is -0.531. The Hall–Kier alpha value is -2.38. The standard InChI is InChI=1S/C30H37BrClN3O2/c1-4-28(13-8-21(2)31)37-29(24-9-11-26(32)12-10-24)16-19-35-17-14-23(15-18-35)25-6-5-7-27(20-25)34-30(36)22(3)33/h4-13,20,22-23,29H,2,14-19,33H2,1,3H3,(H,34,36)/b13-8-,28-4+. The van der Waals surface area contributed by atoms with Crippen LogP contribution in [0.2, 0.25) is 5.02 Å². The second kappa shape index (κ2) is 14.5. The maximum Gasteiger partial charge on any atom is 0.240 e. The molecule has 1 saturated heterocycles. The molecule has 5 nitrogen and oxygen atoms in total. The number of hydrogen-bond donors (Lipinski definition) is 2. The summed E-state index contributed by atoms with van der Waals surface area (Å²) < 4.78 is 7.21. The maximum atomic E-state index is 12.0. The number of anilines is 1. The zero-order chi connectivity index (χ0) is 26.8. The first-order chi connectivity index (χ1) is 17.7. The van der Waals surface area contributed by atoms with Gasteiger partial charge in [0.1, 0.15) is 11.9 Å². The molecular weight excluding hydrogens is 550 g/mol. The molecule has 1 heterocycles. The van der Waals surface area contributed by atoms with Gasteiger partial charge in [-0.1, -0.05) is 58.4 Å². The fourth-order valence-electron chi connectivity index (χ4n) is 4.43. The summed E-state index contributed by atoms with van der Waals surface area (Å²) in [6.45, 7) is 10.5. The van der Waals surface area contributed by atoms with Crippen molar-refractivity contribution < 1.29 is 9.53 Å². The Balaban J connectivity index is 1.59. The highest BCUT2D eigenvalue weighted by atomic mass is 79.9. The Bertz CT molecular complexity index is 1110. The van der Waals surface area contributed by atoms with E-state index in [4.69, 9.17) is 22.1 Å². The molecule has 7 heteroatoms. The molecule has 2 aromatic carbocycles. The normalized spacial score (nSPS) is 16.9. The number of nitrogens with one attached hydrogen (secondary N) is 1. The van der Waals surface area contributed by atoms with E-state index in [0.717, 1.165) is 60.4 Å². The summed E-state index contributed by atoms with van der Waals surface area (Å²) in [6, 6.07) is 15.5. The lowest BCUT2D eigenvalue weighted by atomic mass is 9.89. The number of allylic oxidation sites excluding steroid dienone is 4. The molecule has 1 amide bonds. The Kier molecular flexibility index (Phi) is 11.5. The van der Waals surface area contributed by atoms with Gasteiger partial charge in [0.25, 0.3) is 0 Å². The van der Waals surface area contributed by atoms with Crippen molar-refractivity contribution in [2.24, 2.45) is 5.73 Å². The molecule has 1 aliphatic heterocycles. The van der Waals surface area contributed by atoms with Crippen molar-refractivity contribution in [2.75, 3.05) is 25.0 Å². The van der Waals surface area contributed by atoms with E-state index in [2.05, 4.69) is 44.9 Å². The molecule has 1 aliphatic rings. The first kappa shape index (κ1) is 29.2. The molecule has 0 aromatic heterocycles. The molecule has 2 unspecified atom stereocenters. The van der Waals surface area contributed by atoms with Crippen molar-refractivity contribution in [1.82, 2.24) is 4.90 Å². The van der Waals surface area contributed by atoms with E-state index >= 15 is 0 Å². The molecule has 1 fully saturated rings. The summed E-state index contributed by atoms with van der Waals surface area (Å²) >= 11 is 9.50. The van der Waals surface area contributed by atoms with Crippen LogP contribution in [0.15, 0.2) is 83.6 Å². The van der Waals surface area contributed by atoms with Gasteiger partial charge in [-0.05, 0) is 99.3 Å². The number of ether oxygens (including phenoxy) is 1. The molecule has 37 heavy (non-hydrogen) atoms. The third-order valence-corrected chi connectivity index (χ3v) is 7.08. The van der Waals surface area contributed by atoms with Gasteiger partial charge in [-0.3, -0.25) is 4.79 Å². The molecule has 3 N–H and O–H groups in total. The van der Waals surface area contributed by atoms with Gasteiger partial charge in [0.05, 0.1) is 6.04 Å². The minimum Gasteiger partial charge on any atom is -0.486 e. The molecule has 0 spiro atoms. The average Bonchev–Trinajstić information content (AvgIpc) is 2.89. The number of halogens is 2. The highest BCUT2D eigenvalue weighted by molar-refractivity contribution is 9.11. The summed E-state index contributed by atoms with van der Waals surface area (Å²) in [5, 5.41) is 3.62. The number of carbonyl (C=O) groups excluding carboxylic acids is 1. The fourth-order valence-corrected chi connectivity index (χ4v) is 4.69. The molecule has 0 aliphatic carbocycles. The monoisotopic (exact) mass is 585 g/mol. The zero-order valence-corrected chi connectivity index (χ0v) is 24.0. The van der Waals surface area contributed by atoms with Crippen molar-refractivity contribution in [3.8, 4) is 0 Å². The molecule has 3 rings (SSSR count). The second-order valence-corrected chi connectivity index (χ2v) is 10.9. The zero-order valence-electron chi connectivity index (χ0n) is 21.6. The number of amides is 1. The predicted molar refractivity (Wildman–Crippen MR) is 158 cm³/mol. The quantitative estimate of drug-likeness (QED) is 0.214. The van der Waals surface area contributed by atoms with Crippen molar-refractivity contribution in [3.05, 3.63) is 99.7 Å². The summed E-state index contributed by atoms with van der Waals surface area (Å²) in [6.07, 6.45) is 8.71. The smallest absolute Gasteiger partial charge is 0.240 e. The number of piperidine rings is 1. The highest BCUT2D eigenvalue weighted by Gasteiger charge is 2.23. The number of nitrogens with two attached hydrogens (primary N) is 1. The van der Waals surface area contributed by atoms with Gasteiger partial charge < -0.3 is 20.7 Å². The molecular formula is C30H37BrClN3O2. The van der Waals surface area contributed by atoms with Crippen molar-refractivity contribution in [1.29, 1.82) is 0 Å². The lowest BCUT2D eigenvalue weighted by molar-refractivity contribution is -0.117. The van der Waals surface area contributed by atoms with E-state index in [1.807, 2.05) is 61.5 Å². The SMILES string of the molecule is C=C(Br)/C=C\C(=C/C)OC(CCN1CCC(c2cccc(NC(=O)C(C)N)c2)CC1)c1ccc(Cl)cc1. The number of benzene rings is 2. The van der Waals surface area contributed by atoms with Gasteiger partial charge in [-0.15, -0.1) is 0 Å². The van der Waals surface area contributed by atoms with Crippen LogP contribution in [-0.2, 0) is 9.53 Å². The van der Waals surface area contributed by atoms with Crippen LogP contribution in [0.5, 0.6) is 0 Å². The van der Waals surface area contributed by atoms with E-state index < -0.39 is 6.04 Å². The largest absolute Gasteiger partial charge is 0.486 e. The molecule has 0 saturated carbocycles. The van der Waals surface area contributed by atoms with Gasteiger partial charge in [-0.25, -0.2) is 0 Å². The van der Waals surface area contributed by atoms with Gasteiger partial charge in [0.2, 0.25) is 5.91 Å². The van der Waals surface area contributed by atoms with Crippen LogP contribution in [0.4, 0.5) is 5.69 Å². The first-order valence-corrected chi connectivity index (χ1v) is 13.9. The summed E-state index contributed by atoms with van der Waals surface area (Å²) in [5.41, 5.74) is 8.87. The number of likely N-dealkylation sites (tertiary alicyclic amines) is 1. The first-order valence-electron chi connectivity index (χ1n) is 12.7. The van der Waals surface area contributed by atoms with E-state index in [9.17, 15) is 4.79 Å². The molecule has 2 atom stereocenters. The van der Waals surface area contributed by atoms with E-state index in [-0.39, 0.29) is 12.0 Å².